The molecule has 3 aromatic rings. The number of carbonyl (C=O) groups excluding carboxylic acids is 2. The van der Waals surface area contributed by atoms with E-state index in [4.69, 9.17) is 0 Å². The van der Waals surface area contributed by atoms with Gasteiger partial charge in [0, 0.05) is 19.3 Å². The second-order valence-electron chi connectivity index (χ2n) is 8.63. The van der Waals surface area contributed by atoms with E-state index < -0.39 is 0 Å². The molecule has 1 aliphatic rings. The molecule has 7 heteroatoms. The summed E-state index contributed by atoms with van der Waals surface area (Å²) in [7, 11) is 0. The Bertz CT molecular complexity index is 1120. The van der Waals surface area contributed by atoms with Gasteiger partial charge >= 0.3 is 6.03 Å². The first kappa shape index (κ1) is 23.4. The lowest BCUT2D eigenvalue weighted by molar-refractivity contribution is -0.127. The summed E-state index contributed by atoms with van der Waals surface area (Å²) in [4.78, 5) is 32.1. The van der Waals surface area contributed by atoms with Crippen LogP contribution < -0.4 is 10.6 Å². The molecule has 0 bridgehead atoms. The topological polar surface area (TPSA) is 74.3 Å². The van der Waals surface area contributed by atoms with Crippen molar-refractivity contribution in [2.45, 2.75) is 38.9 Å². The van der Waals surface area contributed by atoms with Crippen molar-refractivity contribution in [3.63, 3.8) is 0 Å². The van der Waals surface area contributed by atoms with Gasteiger partial charge in [0.2, 0.25) is 5.91 Å². The summed E-state index contributed by atoms with van der Waals surface area (Å²) < 4.78 is 13.9. The molecule has 1 fully saturated rings. The minimum Gasteiger partial charge on any atom is -0.350 e. The van der Waals surface area contributed by atoms with Crippen LogP contribution in [-0.4, -0.2) is 28.4 Å². The minimum absolute atomic E-state index is 0.0970. The van der Waals surface area contributed by atoms with E-state index in [1.807, 2.05) is 48.5 Å². The summed E-state index contributed by atoms with van der Waals surface area (Å²) in [5.74, 6) is -0.698. The average Bonchev–Trinajstić information content (AvgIpc) is 2.88. The lowest BCUT2D eigenvalue weighted by Crippen LogP contribution is -2.50. The van der Waals surface area contributed by atoms with Gasteiger partial charge in [0.15, 0.2) is 0 Å². The molecule has 34 heavy (non-hydrogen) atoms. The number of carbonyl (C=O) groups is 2. The van der Waals surface area contributed by atoms with Crippen LogP contribution in [0.4, 0.5) is 9.18 Å². The van der Waals surface area contributed by atoms with E-state index >= 15 is 0 Å². The molecule has 1 aliphatic heterocycles. The summed E-state index contributed by atoms with van der Waals surface area (Å²) >= 11 is 0. The maximum atomic E-state index is 13.9. The molecule has 0 unspecified atom stereocenters. The van der Waals surface area contributed by atoms with Gasteiger partial charge in [0.1, 0.15) is 5.82 Å². The molecule has 2 aromatic carbocycles. The number of amides is 3. The summed E-state index contributed by atoms with van der Waals surface area (Å²) in [6.45, 7) is 2.74. The van der Waals surface area contributed by atoms with Gasteiger partial charge in [-0.05, 0) is 54.7 Å². The molecule has 176 valence electrons. The maximum absolute atomic E-state index is 13.9. The lowest BCUT2D eigenvalue weighted by atomic mass is 9.88. The number of benzene rings is 2. The average molecular weight is 461 g/mol. The Hall–Kier alpha value is -3.74. The summed E-state index contributed by atoms with van der Waals surface area (Å²) in [5, 5.41) is 5.93. The van der Waals surface area contributed by atoms with Gasteiger partial charge in [0.25, 0.3) is 0 Å². The zero-order valence-corrected chi connectivity index (χ0v) is 19.2. The van der Waals surface area contributed by atoms with Crippen LogP contribution in [0.3, 0.4) is 0 Å². The van der Waals surface area contributed by atoms with E-state index in [1.54, 1.807) is 30.2 Å². The van der Waals surface area contributed by atoms with Crippen LogP contribution in [0, 0.1) is 18.7 Å². The van der Waals surface area contributed by atoms with Crippen LogP contribution in [0.25, 0.3) is 0 Å². The van der Waals surface area contributed by atoms with Gasteiger partial charge in [-0.1, -0.05) is 48.5 Å². The fourth-order valence-electron chi connectivity index (χ4n) is 4.33. The predicted molar refractivity (Wildman–Crippen MR) is 128 cm³/mol. The molecule has 0 spiro atoms. The van der Waals surface area contributed by atoms with E-state index in [2.05, 4.69) is 15.6 Å². The predicted octanol–water partition coefficient (Wildman–Crippen LogP) is 4.51. The SMILES string of the molecule is Cc1cc([C@@H]2CC[C@@H](C(=O)NCc3ccccn3)CN2C(=O)NCc2ccccc2)ccc1F. The highest BCUT2D eigenvalue weighted by molar-refractivity contribution is 5.81. The number of hydrogen-bond donors (Lipinski definition) is 2. The standard InChI is InChI=1S/C27H29FN4O2/c1-19-15-21(10-12-24(19)28)25-13-11-22(26(33)30-17-23-9-5-6-14-29-23)18-32(25)27(34)31-16-20-7-3-2-4-8-20/h2-10,12,14-15,22,25H,11,13,16-18H2,1H3,(H,30,33)(H,31,34)/t22-,25+/m1/s1. The molecule has 1 saturated heterocycles. The van der Waals surface area contributed by atoms with Crippen LogP contribution in [0.15, 0.2) is 72.9 Å². The fraction of sp³-hybridized carbons (Fsp3) is 0.296. The van der Waals surface area contributed by atoms with E-state index in [0.717, 1.165) is 16.8 Å². The molecule has 1 aromatic heterocycles. The van der Waals surface area contributed by atoms with Crippen molar-refractivity contribution in [1.82, 2.24) is 20.5 Å². The molecule has 2 heterocycles. The van der Waals surface area contributed by atoms with Crippen molar-refractivity contribution >= 4 is 11.9 Å². The van der Waals surface area contributed by atoms with Gasteiger partial charge in [-0.25, -0.2) is 9.18 Å². The number of rotatable bonds is 6. The van der Waals surface area contributed by atoms with Crippen LogP contribution in [-0.2, 0) is 17.9 Å². The van der Waals surface area contributed by atoms with Crippen molar-refractivity contribution in [1.29, 1.82) is 0 Å². The first-order chi connectivity index (χ1) is 16.5. The number of aromatic nitrogens is 1. The third-order valence-corrected chi connectivity index (χ3v) is 6.24. The van der Waals surface area contributed by atoms with Crippen molar-refractivity contribution in [3.8, 4) is 0 Å². The van der Waals surface area contributed by atoms with Gasteiger partial charge in [0.05, 0.1) is 24.2 Å². The highest BCUT2D eigenvalue weighted by Crippen LogP contribution is 2.34. The number of piperidine rings is 1. The van der Waals surface area contributed by atoms with E-state index in [9.17, 15) is 14.0 Å². The van der Waals surface area contributed by atoms with Crippen molar-refractivity contribution in [2.24, 2.45) is 5.92 Å². The highest BCUT2D eigenvalue weighted by atomic mass is 19.1. The quantitative estimate of drug-likeness (QED) is 0.569. The second kappa shape index (κ2) is 10.9. The number of nitrogens with zero attached hydrogens (tertiary/aromatic N) is 2. The van der Waals surface area contributed by atoms with Crippen LogP contribution in [0.1, 0.15) is 41.3 Å². The first-order valence-electron chi connectivity index (χ1n) is 11.5. The number of urea groups is 1. The molecule has 0 saturated carbocycles. The van der Waals surface area contributed by atoms with Crippen molar-refractivity contribution in [2.75, 3.05) is 6.54 Å². The molecule has 4 rings (SSSR count). The van der Waals surface area contributed by atoms with E-state index in [-0.39, 0.29) is 36.3 Å². The molecule has 0 aliphatic carbocycles. The number of nitrogens with one attached hydrogen (secondary N) is 2. The zero-order valence-electron chi connectivity index (χ0n) is 19.2. The number of pyridine rings is 1. The zero-order chi connectivity index (χ0) is 23.9. The van der Waals surface area contributed by atoms with E-state index in [1.165, 1.54) is 6.07 Å². The first-order valence-corrected chi connectivity index (χ1v) is 11.5. The number of likely N-dealkylation sites (tertiary alicyclic amines) is 1. The Labute approximate surface area is 199 Å². The Kier molecular flexibility index (Phi) is 7.52. The molecular formula is C27H29FN4O2. The van der Waals surface area contributed by atoms with Crippen LogP contribution in [0.5, 0.6) is 0 Å². The Balaban J connectivity index is 1.47. The monoisotopic (exact) mass is 460 g/mol. The second-order valence-corrected chi connectivity index (χ2v) is 8.63. The Morgan fingerprint density at radius 2 is 1.79 bits per heavy atom. The molecule has 2 N–H and O–H groups in total. The van der Waals surface area contributed by atoms with Gasteiger partial charge < -0.3 is 15.5 Å². The van der Waals surface area contributed by atoms with Gasteiger partial charge in [-0.3, -0.25) is 9.78 Å². The largest absolute Gasteiger partial charge is 0.350 e. The Morgan fingerprint density at radius 3 is 2.53 bits per heavy atom. The van der Waals surface area contributed by atoms with Gasteiger partial charge in [-0.15, -0.1) is 0 Å². The number of aryl methyl sites for hydroxylation is 1. The molecule has 3 amide bonds. The lowest BCUT2D eigenvalue weighted by Gasteiger charge is -2.39. The summed E-state index contributed by atoms with van der Waals surface area (Å²) in [6, 6.07) is 19.7. The Morgan fingerprint density at radius 1 is 1.00 bits per heavy atom. The fourth-order valence-corrected chi connectivity index (χ4v) is 4.33. The molecular weight excluding hydrogens is 431 g/mol. The highest BCUT2D eigenvalue weighted by Gasteiger charge is 2.35. The summed E-state index contributed by atoms with van der Waals surface area (Å²) in [6.07, 6.45) is 2.94. The molecule has 2 atom stereocenters. The number of halogens is 1. The smallest absolute Gasteiger partial charge is 0.318 e. The van der Waals surface area contributed by atoms with Crippen LogP contribution >= 0.6 is 0 Å². The third-order valence-electron chi connectivity index (χ3n) is 6.24. The molecule has 6 nitrogen and oxygen atoms in total. The molecule has 0 radical (unpaired) electrons. The minimum atomic E-state index is -0.330. The maximum Gasteiger partial charge on any atom is 0.318 e. The third kappa shape index (κ3) is 5.78. The van der Waals surface area contributed by atoms with Crippen molar-refractivity contribution < 1.29 is 14.0 Å². The van der Waals surface area contributed by atoms with Crippen molar-refractivity contribution in [3.05, 3.63) is 101 Å². The summed E-state index contributed by atoms with van der Waals surface area (Å²) in [5.41, 5.74) is 3.19. The normalized spacial score (nSPS) is 17.8. The van der Waals surface area contributed by atoms with E-state index in [0.29, 0.717) is 31.5 Å². The van der Waals surface area contributed by atoms with Crippen LogP contribution in [0.2, 0.25) is 0 Å². The van der Waals surface area contributed by atoms with Gasteiger partial charge in [-0.2, -0.15) is 0 Å². The number of hydrogen-bond acceptors (Lipinski definition) is 3.